The lowest BCUT2D eigenvalue weighted by Gasteiger charge is -2.07. The number of aromatic nitrogens is 4. The zero-order valence-electron chi connectivity index (χ0n) is 14.9. The molecule has 0 radical (unpaired) electrons. The van der Waals surface area contributed by atoms with E-state index in [4.69, 9.17) is 27.9 Å². The zero-order valence-corrected chi connectivity index (χ0v) is 16.4. The number of carbonyl (C=O) groups is 1. The molecule has 0 fully saturated rings. The van der Waals surface area contributed by atoms with Crippen LogP contribution in [0, 0.1) is 0 Å². The third-order valence-electron chi connectivity index (χ3n) is 3.84. The number of esters is 1. The number of nitrogens with one attached hydrogen (secondary N) is 2. The van der Waals surface area contributed by atoms with E-state index < -0.39 is 5.97 Å². The zero-order chi connectivity index (χ0) is 20.1. The highest BCUT2D eigenvalue weighted by atomic mass is 35.5. The number of halogens is 2. The number of fused-ring (bicyclic) bond motifs is 1. The largest absolute Gasteiger partial charge is 0.467 e. The fourth-order valence-corrected chi connectivity index (χ4v) is 2.78. The molecular weight excluding hydrogens is 409 g/mol. The summed E-state index contributed by atoms with van der Waals surface area (Å²) in [5, 5.41) is 8.12. The van der Waals surface area contributed by atoms with Crippen LogP contribution in [-0.4, -0.2) is 46.0 Å². The summed E-state index contributed by atoms with van der Waals surface area (Å²) in [4.78, 5) is 30.5. The Morgan fingerprint density at radius 3 is 2.89 bits per heavy atom. The molecule has 28 heavy (non-hydrogen) atoms. The van der Waals surface area contributed by atoms with Gasteiger partial charge in [0.05, 0.1) is 36.5 Å². The number of ether oxygens (including phenoxy) is 2. The van der Waals surface area contributed by atoms with Gasteiger partial charge in [-0.1, -0.05) is 29.3 Å². The van der Waals surface area contributed by atoms with Crippen molar-refractivity contribution in [2.75, 3.05) is 25.6 Å². The highest BCUT2D eigenvalue weighted by molar-refractivity contribution is 6.42. The normalized spacial score (nSPS) is 11.0. The van der Waals surface area contributed by atoms with E-state index in [1.807, 2.05) is 6.07 Å². The number of nitrogens with zero attached hydrogens (tertiary/aromatic N) is 3. The van der Waals surface area contributed by atoms with Crippen molar-refractivity contribution < 1.29 is 14.3 Å². The summed E-state index contributed by atoms with van der Waals surface area (Å²) in [7, 11) is 1.28. The van der Waals surface area contributed by atoms with E-state index in [-0.39, 0.29) is 18.8 Å². The molecule has 1 aromatic carbocycles. The molecule has 0 aliphatic heterocycles. The summed E-state index contributed by atoms with van der Waals surface area (Å²) in [5.74, 6) is -0.160. The van der Waals surface area contributed by atoms with Crippen LogP contribution in [0.2, 0.25) is 10.0 Å². The second kappa shape index (κ2) is 9.05. The molecule has 2 heterocycles. The Hall–Kier alpha value is -2.62. The van der Waals surface area contributed by atoms with Gasteiger partial charge < -0.3 is 14.8 Å². The molecule has 0 saturated heterocycles. The van der Waals surface area contributed by atoms with Crippen LogP contribution in [0.3, 0.4) is 0 Å². The number of aromatic amines is 1. The van der Waals surface area contributed by atoms with Gasteiger partial charge in [0.2, 0.25) is 5.95 Å². The molecule has 2 aromatic heterocycles. The molecule has 0 bridgehead atoms. The number of anilines is 1. The van der Waals surface area contributed by atoms with E-state index in [2.05, 4.69) is 25.1 Å². The summed E-state index contributed by atoms with van der Waals surface area (Å²) < 4.78 is 11.1. The minimum atomic E-state index is -0.470. The quantitative estimate of drug-likeness (QED) is 0.420. The SMILES string of the molecule is COC(=O)COCCn1ncc2nc(NCc3ccc(Cl)c(Cl)c3)[nH]c(=O)c21. The molecule has 148 valence electrons. The third-order valence-corrected chi connectivity index (χ3v) is 4.58. The van der Waals surface area contributed by atoms with Gasteiger partial charge in [0.1, 0.15) is 12.1 Å². The minimum absolute atomic E-state index is 0.160. The van der Waals surface area contributed by atoms with Gasteiger partial charge in [0.15, 0.2) is 5.52 Å². The van der Waals surface area contributed by atoms with Crippen molar-refractivity contribution in [3.63, 3.8) is 0 Å². The van der Waals surface area contributed by atoms with Crippen LogP contribution in [0.5, 0.6) is 0 Å². The number of carbonyl (C=O) groups excluding carboxylic acids is 1. The van der Waals surface area contributed by atoms with Crippen LogP contribution in [-0.2, 0) is 27.4 Å². The Morgan fingerprint density at radius 2 is 2.14 bits per heavy atom. The number of hydrogen-bond donors (Lipinski definition) is 2. The molecule has 0 aliphatic carbocycles. The first-order chi connectivity index (χ1) is 13.5. The second-order valence-corrected chi connectivity index (χ2v) is 6.56. The first-order valence-corrected chi connectivity index (χ1v) is 9.01. The van der Waals surface area contributed by atoms with E-state index in [1.54, 1.807) is 12.1 Å². The predicted molar refractivity (Wildman–Crippen MR) is 105 cm³/mol. The second-order valence-electron chi connectivity index (χ2n) is 5.75. The standard InChI is InChI=1S/C17H17Cl2N5O4/c1-27-14(25)9-28-5-4-24-15-13(8-21-24)22-17(23-16(15)26)20-7-10-2-3-11(18)12(19)6-10/h2-3,6,8H,4-5,7,9H2,1H3,(H2,20,22,23,26). The maximum absolute atomic E-state index is 12.4. The van der Waals surface area contributed by atoms with Crippen molar-refractivity contribution in [1.29, 1.82) is 0 Å². The van der Waals surface area contributed by atoms with Gasteiger partial charge in [-0.3, -0.25) is 14.5 Å². The average molecular weight is 426 g/mol. The highest BCUT2D eigenvalue weighted by Crippen LogP contribution is 2.22. The molecule has 0 amide bonds. The van der Waals surface area contributed by atoms with Gasteiger partial charge >= 0.3 is 5.97 Å². The molecule has 3 rings (SSSR count). The maximum Gasteiger partial charge on any atom is 0.331 e. The number of H-pyrrole nitrogens is 1. The molecule has 0 aliphatic rings. The fraction of sp³-hybridized carbons (Fsp3) is 0.294. The third kappa shape index (κ3) is 4.80. The van der Waals surface area contributed by atoms with Gasteiger partial charge in [0, 0.05) is 6.54 Å². The van der Waals surface area contributed by atoms with Gasteiger partial charge in [-0.15, -0.1) is 0 Å². The average Bonchev–Trinajstić information content (AvgIpc) is 3.09. The van der Waals surface area contributed by atoms with Crippen molar-refractivity contribution >= 4 is 46.2 Å². The summed E-state index contributed by atoms with van der Waals surface area (Å²) >= 11 is 11.9. The Kier molecular flexibility index (Phi) is 6.50. The van der Waals surface area contributed by atoms with Gasteiger partial charge in [-0.25, -0.2) is 9.78 Å². The Morgan fingerprint density at radius 1 is 1.32 bits per heavy atom. The van der Waals surface area contributed by atoms with Crippen LogP contribution >= 0.6 is 23.2 Å². The Labute approximate surface area is 169 Å². The molecule has 11 heteroatoms. The molecule has 0 atom stereocenters. The van der Waals surface area contributed by atoms with E-state index >= 15 is 0 Å². The number of benzene rings is 1. The predicted octanol–water partition coefficient (Wildman–Crippen LogP) is 2.23. The summed E-state index contributed by atoms with van der Waals surface area (Å²) in [6.45, 7) is 0.734. The lowest BCUT2D eigenvalue weighted by molar-refractivity contribution is -0.145. The van der Waals surface area contributed by atoms with E-state index in [0.717, 1.165) is 5.56 Å². The van der Waals surface area contributed by atoms with Crippen LogP contribution < -0.4 is 10.9 Å². The van der Waals surface area contributed by atoms with Crippen molar-refractivity contribution in [3.05, 3.63) is 50.4 Å². The number of methoxy groups -OCH3 is 1. The Balaban J connectivity index is 1.67. The Bertz CT molecular complexity index is 1050. The fourth-order valence-electron chi connectivity index (χ4n) is 2.46. The van der Waals surface area contributed by atoms with Crippen molar-refractivity contribution in [1.82, 2.24) is 19.7 Å². The van der Waals surface area contributed by atoms with E-state index in [1.165, 1.54) is 18.0 Å². The molecule has 0 unspecified atom stereocenters. The lowest BCUT2D eigenvalue weighted by atomic mass is 10.2. The molecule has 2 N–H and O–H groups in total. The van der Waals surface area contributed by atoms with Crippen molar-refractivity contribution in [2.45, 2.75) is 13.1 Å². The van der Waals surface area contributed by atoms with Crippen LogP contribution in [0.1, 0.15) is 5.56 Å². The molecule has 9 nitrogen and oxygen atoms in total. The molecule has 0 spiro atoms. The summed E-state index contributed by atoms with van der Waals surface area (Å²) in [6, 6.07) is 5.26. The molecule has 0 saturated carbocycles. The first kappa shape index (κ1) is 20.1. The lowest BCUT2D eigenvalue weighted by Crippen LogP contribution is -2.18. The number of hydrogen-bond acceptors (Lipinski definition) is 7. The molecule has 3 aromatic rings. The van der Waals surface area contributed by atoms with Gasteiger partial charge in [0.25, 0.3) is 5.56 Å². The van der Waals surface area contributed by atoms with Crippen LogP contribution in [0.4, 0.5) is 5.95 Å². The van der Waals surface area contributed by atoms with Crippen LogP contribution in [0.25, 0.3) is 11.0 Å². The summed E-state index contributed by atoms with van der Waals surface area (Å²) in [5.41, 5.74) is 1.30. The van der Waals surface area contributed by atoms with Crippen LogP contribution in [0.15, 0.2) is 29.2 Å². The minimum Gasteiger partial charge on any atom is -0.467 e. The van der Waals surface area contributed by atoms with E-state index in [0.29, 0.717) is 40.1 Å². The monoisotopic (exact) mass is 425 g/mol. The summed E-state index contributed by atoms with van der Waals surface area (Å²) in [6.07, 6.45) is 1.50. The first-order valence-electron chi connectivity index (χ1n) is 8.26. The van der Waals surface area contributed by atoms with Gasteiger partial charge in [-0.05, 0) is 17.7 Å². The van der Waals surface area contributed by atoms with E-state index in [9.17, 15) is 9.59 Å². The smallest absolute Gasteiger partial charge is 0.331 e. The number of rotatable bonds is 8. The highest BCUT2D eigenvalue weighted by Gasteiger charge is 2.11. The molecular formula is C17H17Cl2N5O4. The topological polar surface area (TPSA) is 111 Å². The van der Waals surface area contributed by atoms with Gasteiger partial charge in [-0.2, -0.15) is 5.10 Å². The maximum atomic E-state index is 12.4. The van der Waals surface area contributed by atoms with Crippen molar-refractivity contribution in [3.8, 4) is 0 Å². The van der Waals surface area contributed by atoms with Crippen molar-refractivity contribution in [2.24, 2.45) is 0 Å².